The van der Waals surface area contributed by atoms with E-state index in [1.165, 1.54) is 38.9 Å². The Morgan fingerprint density at radius 1 is 0.333 bits per heavy atom. The van der Waals surface area contributed by atoms with Crippen molar-refractivity contribution in [2.45, 2.75) is 5.41 Å². The molecule has 1 heterocycles. The van der Waals surface area contributed by atoms with Crippen LogP contribution in [0, 0.1) is 6.57 Å². The third kappa shape index (κ3) is 5.03. The van der Waals surface area contributed by atoms with Crippen molar-refractivity contribution in [2.75, 3.05) is 0 Å². The second-order valence-electron chi connectivity index (χ2n) is 14.6. The molecule has 1 spiro atoms. The number of hydrogen-bond donors (Lipinski definition) is 0. The van der Waals surface area contributed by atoms with Crippen molar-refractivity contribution < 1.29 is 0 Å². The molecule has 4 heteroatoms. The molecule has 57 heavy (non-hydrogen) atoms. The fourth-order valence-corrected chi connectivity index (χ4v) is 9.08. The quantitative estimate of drug-likeness (QED) is 0.166. The molecule has 264 valence electrons. The van der Waals surface area contributed by atoms with E-state index in [9.17, 15) is 0 Å². The summed E-state index contributed by atoms with van der Waals surface area (Å²) >= 11 is 0. The van der Waals surface area contributed by atoms with Gasteiger partial charge in [-0.05, 0) is 66.8 Å². The highest BCUT2D eigenvalue weighted by Gasteiger charge is 2.52. The minimum absolute atomic E-state index is 0.525. The van der Waals surface area contributed by atoms with Crippen molar-refractivity contribution in [1.29, 1.82) is 0 Å². The van der Waals surface area contributed by atoms with Gasteiger partial charge in [0, 0.05) is 16.7 Å². The molecule has 0 saturated heterocycles. The molecule has 2 aliphatic carbocycles. The number of nitrogens with zero attached hydrogens (tertiary/aromatic N) is 4. The van der Waals surface area contributed by atoms with E-state index in [0.29, 0.717) is 23.2 Å². The van der Waals surface area contributed by atoms with Crippen molar-refractivity contribution >= 4 is 5.69 Å². The third-order valence-electron chi connectivity index (χ3n) is 11.6. The Kier molecular flexibility index (Phi) is 7.42. The second-order valence-corrected chi connectivity index (χ2v) is 14.6. The van der Waals surface area contributed by atoms with Gasteiger partial charge in [0.1, 0.15) is 0 Å². The topological polar surface area (TPSA) is 43.0 Å². The zero-order chi connectivity index (χ0) is 37.9. The molecule has 0 N–H and O–H groups in total. The van der Waals surface area contributed by atoms with Gasteiger partial charge in [0.15, 0.2) is 23.2 Å². The van der Waals surface area contributed by atoms with Gasteiger partial charge >= 0.3 is 0 Å². The molecule has 0 radical (unpaired) electrons. The molecule has 0 saturated carbocycles. The highest BCUT2D eigenvalue weighted by Crippen LogP contribution is 2.64. The minimum Gasteiger partial charge on any atom is -0.238 e. The first-order valence-electron chi connectivity index (χ1n) is 19.1. The number of hydrogen-bond acceptors (Lipinski definition) is 3. The first-order chi connectivity index (χ1) is 28.2. The lowest BCUT2D eigenvalue weighted by atomic mass is 9.70. The summed E-state index contributed by atoms with van der Waals surface area (Å²) in [6.07, 6.45) is 0. The summed E-state index contributed by atoms with van der Waals surface area (Å²) in [5.41, 5.74) is 17.2. The summed E-state index contributed by atoms with van der Waals surface area (Å²) in [5, 5.41) is 0. The fraction of sp³-hybridized carbons (Fsp3) is 0.0189. The average Bonchev–Trinajstić information content (AvgIpc) is 3.77. The van der Waals surface area contributed by atoms with Crippen LogP contribution in [0.4, 0.5) is 5.69 Å². The maximum atomic E-state index is 7.96. The Morgan fingerprint density at radius 3 is 1.35 bits per heavy atom. The summed E-state index contributed by atoms with van der Waals surface area (Å²) in [5.74, 6) is 1.87. The predicted octanol–water partition coefficient (Wildman–Crippen LogP) is 13.1. The van der Waals surface area contributed by atoms with Gasteiger partial charge in [-0.2, -0.15) is 0 Å². The van der Waals surface area contributed by atoms with Crippen molar-refractivity contribution in [2.24, 2.45) is 0 Å². The standard InChI is InChI=1S/C53H32N4/c1-54-40-31-32-44-48(33-40)53(45-20-10-8-17-42(45)43-18-9-11-21-46(43)53)47-22-12-19-41(49(44)47)36-25-29-39(30-26-36)52-56-50(37-15-6-3-7-16-37)55-51(57-52)38-27-23-35(24-28-38)34-13-4-2-5-14-34/h2-33H. The summed E-state index contributed by atoms with van der Waals surface area (Å²) in [7, 11) is 0. The van der Waals surface area contributed by atoms with Gasteiger partial charge in [0.25, 0.3) is 0 Å². The smallest absolute Gasteiger partial charge is 0.187 e. The monoisotopic (exact) mass is 724 g/mol. The number of benzene rings is 8. The summed E-state index contributed by atoms with van der Waals surface area (Å²) < 4.78 is 0. The SMILES string of the molecule is [C-]#[N+]c1ccc2c(c1)C1(c3ccccc3-c3ccccc31)c1cccc(-c3ccc(-c4nc(-c5ccccc5)nc(-c5ccc(-c6ccccc6)cc5)n4)cc3)c1-2. The van der Waals surface area contributed by atoms with Crippen molar-refractivity contribution in [3.05, 3.63) is 228 Å². The van der Waals surface area contributed by atoms with Gasteiger partial charge in [0.05, 0.1) is 12.0 Å². The summed E-state index contributed by atoms with van der Waals surface area (Å²) in [6.45, 7) is 7.96. The molecule has 2 aliphatic rings. The molecule has 0 unspecified atom stereocenters. The molecule has 0 aliphatic heterocycles. The summed E-state index contributed by atoms with van der Waals surface area (Å²) in [6, 6.07) is 67.9. The van der Waals surface area contributed by atoms with Crippen LogP contribution in [0.15, 0.2) is 194 Å². The Balaban J connectivity index is 1.04. The van der Waals surface area contributed by atoms with Crippen LogP contribution in [0.5, 0.6) is 0 Å². The van der Waals surface area contributed by atoms with Crippen LogP contribution in [0.25, 0.3) is 83.5 Å². The van der Waals surface area contributed by atoms with E-state index in [1.54, 1.807) is 0 Å². The van der Waals surface area contributed by atoms with Crippen LogP contribution in [0.1, 0.15) is 22.3 Å². The zero-order valence-electron chi connectivity index (χ0n) is 30.8. The lowest BCUT2D eigenvalue weighted by molar-refractivity contribution is 0.794. The van der Waals surface area contributed by atoms with Gasteiger partial charge < -0.3 is 0 Å². The minimum atomic E-state index is -0.525. The van der Waals surface area contributed by atoms with E-state index in [-0.39, 0.29) is 0 Å². The van der Waals surface area contributed by atoms with Crippen molar-refractivity contribution in [1.82, 2.24) is 15.0 Å². The average molecular weight is 725 g/mol. The fourth-order valence-electron chi connectivity index (χ4n) is 9.08. The molecule has 0 fully saturated rings. The van der Waals surface area contributed by atoms with E-state index in [4.69, 9.17) is 21.5 Å². The maximum absolute atomic E-state index is 7.96. The molecule has 0 amide bonds. The lowest BCUT2D eigenvalue weighted by Gasteiger charge is -2.30. The molecule has 1 aromatic heterocycles. The molecule has 4 nitrogen and oxygen atoms in total. The van der Waals surface area contributed by atoms with Gasteiger partial charge in [0.2, 0.25) is 0 Å². The first kappa shape index (κ1) is 32.7. The van der Waals surface area contributed by atoms with Gasteiger partial charge in [-0.25, -0.2) is 19.8 Å². The van der Waals surface area contributed by atoms with Gasteiger partial charge in [-0.3, -0.25) is 0 Å². The molecular formula is C53H32N4. The zero-order valence-corrected chi connectivity index (χ0v) is 30.8. The largest absolute Gasteiger partial charge is 0.238 e. The van der Waals surface area contributed by atoms with E-state index >= 15 is 0 Å². The molecule has 0 atom stereocenters. The van der Waals surface area contributed by atoms with Crippen LogP contribution >= 0.6 is 0 Å². The van der Waals surface area contributed by atoms with Crippen LogP contribution in [0.3, 0.4) is 0 Å². The molecule has 9 aromatic rings. The Labute approximate surface area is 331 Å². The Bertz CT molecular complexity index is 3010. The highest BCUT2D eigenvalue weighted by molar-refractivity contribution is 6.00. The van der Waals surface area contributed by atoms with Crippen molar-refractivity contribution in [3.8, 4) is 78.7 Å². The molecule has 11 rings (SSSR count). The maximum Gasteiger partial charge on any atom is 0.187 e. The lowest BCUT2D eigenvalue weighted by Crippen LogP contribution is -2.25. The van der Waals surface area contributed by atoms with Crippen LogP contribution in [0.2, 0.25) is 0 Å². The van der Waals surface area contributed by atoms with Crippen LogP contribution in [-0.2, 0) is 5.41 Å². The predicted molar refractivity (Wildman–Crippen MR) is 230 cm³/mol. The van der Waals surface area contributed by atoms with Crippen molar-refractivity contribution in [3.63, 3.8) is 0 Å². The number of aromatic nitrogens is 3. The van der Waals surface area contributed by atoms with E-state index in [1.807, 2.05) is 42.5 Å². The van der Waals surface area contributed by atoms with Crippen LogP contribution < -0.4 is 0 Å². The Hall–Kier alpha value is -7.74. The molecule has 0 bridgehead atoms. The molecular weight excluding hydrogens is 693 g/mol. The summed E-state index contributed by atoms with van der Waals surface area (Å²) in [4.78, 5) is 18.9. The number of fused-ring (bicyclic) bond motifs is 10. The van der Waals surface area contributed by atoms with E-state index in [2.05, 4.69) is 157 Å². The Morgan fingerprint density at radius 2 is 0.772 bits per heavy atom. The van der Waals surface area contributed by atoms with E-state index in [0.717, 1.165) is 44.5 Å². The first-order valence-corrected chi connectivity index (χ1v) is 19.1. The van der Waals surface area contributed by atoms with Gasteiger partial charge in [-0.1, -0.05) is 194 Å². The second kappa shape index (κ2) is 12.9. The normalized spacial score (nSPS) is 12.7. The highest BCUT2D eigenvalue weighted by atomic mass is 15.0. The molecule has 8 aromatic carbocycles. The van der Waals surface area contributed by atoms with Crippen LogP contribution in [-0.4, -0.2) is 15.0 Å². The third-order valence-corrected chi connectivity index (χ3v) is 11.6. The van der Waals surface area contributed by atoms with Gasteiger partial charge in [-0.15, -0.1) is 0 Å². The van der Waals surface area contributed by atoms with E-state index < -0.39 is 5.41 Å². The number of rotatable bonds is 5.